The number of rotatable bonds is 5. The minimum absolute atomic E-state index is 0.0224. The number of nitrogens with zero attached hydrogens (tertiary/aromatic N) is 5. The number of hydrogen-bond donors (Lipinski definition) is 0. The van der Waals surface area contributed by atoms with Gasteiger partial charge in [-0.3, -0.25) is 9.30 Å². The number of fused-ring (bicyclic) bond motifs is 1. The number of pyridine rings is 1. The summed E-state index contributed by atoms with van der Waals surface area (Å²) in [5.41, 5.74) is 2.24. The molecule has 0 radical (unpaired) electrons. The van der Waals surface area contributed by atoms with Crippen molar-refractivity contribution in [3.05, 3.63) is 65.2 Å². The Morgan fingerprint density at radius 1 is 0.889 bits per heavy atom. The highest BCUT2D eigenvalue weighted by atomic mass is 16.2. The maximum atomic E-state index is 12.6. The first-order valence-electron chi connectivity index (χ1n) is 9.79. The zero-order valence-corrected chi connectivity index (χ0v) is 15.5. The van der Waals surface area contributed by atoms with Crippen LogP contribution in [0.5, 0.6) is 0 Å². The molecule has 0 amide bonds. The van der Waals surface area contributed by atoms with Crippen LogP contribution in [-0.4, -0.2) is 51.8 Å². The summed E-state index contributed by atoms with van der Waals surface area (Å²) in [5.74, 6) is 0. The van der Waals surface area contributed by atoms with Crippen molar-refractivity contribution in [1.82, 2.24) is 19.1 Å². The van der Waals surface area contributed by atoms with Crippen molar-refractivity contribution in [3.63, 3.8) is 0 Å². The van der Waals surface area contributed by atoms with Gasteiger partial charge in [0.15, 0.2) is 5.65 Å². The zero-order chi connectivity index (χ0) is 18.3. The molecule has 2 aromatic heterocycles. The number of aromatic nitrogens is 3. The van der Waals surface area contributed by atoms with Crippen LogP contribution in [0.3, 0.4) is 0 Å². The fraction of sp³-hybridized carbons (Fsp3) is 0.429. The van der Waals surface area contributed by atoms with Crippen molar-refractivity contribution in [2.45, 2.75) is 19.4 Å². The molecular formula is C21H25N5O. The molecule has 27 heavy (non-hydrogen) atoms. The Morgan fingerprint density at radius 2 is 1.63 bits per heavy atom. The Kier molecular flexibility index (Phi) is 4.01. The van der Waals surface area contributed by atoms with Crippen molar-refractivity contribution in [1.29, 1.82) is 0 Å². The maximum absolute atomic E-state index is 12.6. The molecule has 3 aromatic rings. The molecule has 1 saturated carbocycles. The molecule has 5 rings (SSSR count). The van der Waals surface area contributed by atoms with Crippen molar-refractivity contribution < 1.29 is 0 Å². The van der Waals surface area contributed by atoms with Crippen molar-refractivity contribution in [2.75, 3.05) is 37.6 Å². The fourth-order valence-electron chi connectivity index (χ4n) is 4.21. The molecule has 0 unspecified atom stereocenters. The predicted molar refractivity (Wildman–Crippen MR) is 106 cm³/mol. The van der Waals surface area contributed by atoms with E-state index in [1.807, 2.05) is 18.2 Å². The van der Waals surface area contributed by atoms with E-state index >= 15 is 0 Å². The monoisotopic (exact) mass is 363 g/mol. The third-order valence-electron chi connectivity index (χ3n) is 5.98. The first kappa shape index (κ1) is 16.6. The number of anilines is 1. The highest BCUT2D eigenvalue weighted by Gasteiger charge is 2.45. The highest BCUT2D eigenvalue weighted by Crippen LogP contribution is 2.47. The van der Waals surface area contributed by atoms with Gasteiger partial charge < -0.3 is 4.90 Å². The number of para-hydroxylation sites is 1. The Hall–Kier alpha value is -2.60. The van der Waals surface area contributed by atoms with E-state index in [4.69, 9.17) is 0 Å². The van der Waals surface area contributed by atoms with E-state index in [1.54, 1.807) is 15.3 Å². The summed E-state index contributed by atoms with van der Waals surface area (Å²) in [6, 6.07) is 16.3. The van der Waals surface area contributed by atoms with E-state index < -0.39 is 0 Å². The molecule has 6 nitrogen and oxygen atoms in total. The maximum Gasteiger partial charge on any atom is 0.350 e. The molecule has 0 spiro atoms. The fourth-order valence-corrected chi connectivity index (χ4v) is 4.21. The van der Waals surface area contributed by atoms with Gasteiger partial charge >= 0.3 is 5.69 Å². The second kappa shape index (κ2) is 6.53. The lowest BCUT2D eigenvalue weighted by Gasteiger charge is -2.37. The molecular weight excluding hydrogens is 338 g/mol. The quantitative estimate of drug-likeness (QED) is 0.696. The average Bonchev–Trinajstić information content (AvgIpc) is 3.40. The summed E-state index contributed by atoms with van der Waals surface area (Å²) >= 11 is 0. The van der Waals surface area contributed by atoms with Gasteiger partial charge in [0.2, 0.25) is 0 Å². The zero-order valence-electron chi connectivity index (χ0n) is 15.5. The lowest BCUT2D eigenvalue weighted by molar-refractivity contribution is 0.191. The molecule has 1 saturated heterocycles. The Bertz CT molecular complexity index is 980. The van der Waals surface area contributed by atoms with Gasteiger partial charge in [0.1, 0.15) is 0 Å². The molecule has 2 aliphatic rings. The average molecular weight is 363 g/mol. The van der Waals surface area contributed by atoms with E-state index in [9.17, 15) is 4.79 Å². The summed E-state index contributed by atoms with van der Waals surface area (Å²) in [4.78, 5) is 17.6. The van der Waals surface area contributed by atoms with Gasteiger partial charge in [-0.1, -0.05) is 24.3 Å². The second-order valence-corrected chi connectivity index (χ2v) is 7.97. The van der Waals surface area contributed by atoms with Crippen molar-refractivity contribution in [3.8, 4) is 0 Å². The van der Waals surface area contributed by atoms with Gasteiger partial charge in [-0.05, 0) is 37.1 Å². The largest absolute Gasteiger partial charge is 0.369 e. The van der Waals surface area contributed by atoms with Crippen LogP contribution < -0.4 is 10.6 Å². The summed E-state index contributed by atoms with van der Waals surface area (Å²) < 4.78 is 3.30. The molecule has 3 heterocycles. The third kappa shape index (κ3) is 3.25. The minimum atomic E-state index is -0.0224. The molecule has 1 aliphatic carbocycles. The SMILES string of the molecule is O=c1n(CC2(CN3CCN(c4ccccc4)CC3)CC2)nc2ccccn12. The molecule has 0 bridgehead atoms. The molecule has 1 aliphatic heterocycles. The van der Waals surface area contributed by atoms with Gasteiger partial charge in [-0.2, -0.15) is 0 Å². The van der Waals surface area contributed by atoms with Crippen LogP contribution in [0, 0.1) is 5.41 Å². The van der Waals surface area contributed by atoms with Crippen LogP contribution in [0.4, 0.5) is 5.69 Å². The number of hydrogen-bond acceptors (Lipinski definition) is 4. The van der Waals surface area contributed by atoms with E-state index in [-0.39, 0.29) is 11.1 Å². The molecule has 1 aromatic carbocycles. The summed E-state index contributed by atoms with van der Waals surface area (Å²) in [6.07, 6.45) is 4.17. The van der Waals surface area contributed by atoms with Gasteiger partial charge in [0.25, 0.3) is 0 Å². The van der Waals surface area contributed by atoms with Crippen LogP contribution in [-0.2, 0) is 6.54 Å². The Labute approximate surface area is 158 Å². The first-order valence-corrected chi connectivity index (χ1v) is 9.79. The van der Waals surface area contributed by atoms with Crippen LogP contribution in [0.15, 0.2) is 59.5 Å². The van der Waals surface area contributed by atoms with E-state index in [1.165, 1.54) is 18.5 Å². The van der Waals surface area contributed by atoms with Crippen LogP contribution >= 0.6 is 0 Å². The summed E-state index contributed by atoms with van der Waals surface area (Å²) in [5, 5.41) is 4.52. The molecule has 0 N–H and O–H groups in total. The van der Waals surface area contributed by atoms with Crippen LogP contribution in [0.25, 0.3) is 5.65 Å². The van der Waals surface area contributed by atoms with Crippen LogP contribution in [0.2, 0.25) is 0 Å². The van der Waals surface area contributed by atoms with E-state index in [2.05, 4.69) is 45.2 Å². The number of piperazine rings is 1. The van der Waals surface area contributed by atoms with Gasteiger partial charge in [-0.15, -0.1) is 5.10 Å². The van der Waals surface area contributed by atoms with Gasteiger partial charge in [0.05, 0.1) is 6.54 Å². The molecule has 140 valence electrons. The third-order valence-corrected chi connectivity index (χ3v) is 5.98. The second-order valence-electron chi connectivity index (χ2n) is 7.97. The predicted octanol–water partition coefficient (Wildman–Crippen LogP) is 2.10. The number of benzene rings is 1. The van der Waals surface area contributed by atoms with E-state index in [0.717, 1.165) is 44.9 Å². The Morgan fingerprint density at radius 3 is 2.33 bits per heavy atom. The summed E-state index contributed by atoms with van der Waals surface area (Å²) in [6.45, 7) is 6.08. The lowest BCUT2D eigenvalue weighted by atomic mass is 10.1. The standard InChI is InChI=1S/C21H25N5O/c27-20-25-11-5-4-8-19(25)22-26(20)17-21(9-10-21)16-23-12-14-24(15-13-23)18-6-2-1-3-7-18/h1-8,11H,9-10,12-17H2. The smallest absolute Gasteiger partial charge is 0.350 e. The Balaban J connectivity index is 1.23. The van der Waals surface area contributed by atoms with Gasteiger partial charge in [-0.25, -0.2) is 9.48 Å². The minimum Gasteiger partial charge on any atom is -0.369 e. The normalized spacial score (nSPS) is 19.5. The van der Waals surface area contributed by atoms with Crippen LogP contribution in [0.1, 0.15) is 12.8 Å². The van der Waals surface area contributed by atoms with E-state index in [0.29, 0.717) is 0 Å². The topological polar surface area (TPSA) is 45.8 Å². The summed E-state index contributed by atoms with van der Waals surface area (Å²) in [7, 11) is 0. The highest BCUT2D eigenvalue weighted by molar-refractivity contribution is 5.46. The molecule has 6 heteroatoms. The molecule has 0 atom stereocenters. The van der Waals surface area contributed by atoms with Crippen molar-refractivity contribution >= 4 is 11.3 Å². The first-order chi connectivity index (χ1) is 13.2. The molecule has 2 fully saturated rings. The van der Waals surface area contributed by atoms with Gasteiger partial charge in [0, 0.05) is 50.0 Å². The van der Waals surface area contributed by atoms with Crippen molar-refractivity contribution in [2.24, 2.45) is 5.41 Å². The lowest BCUT2D eigenvalue weighted by Crippen LogP contribution is -2.48.